The Bertz CT molecular complexity index is 627. The zero-order chi connectivity index (χ0) is 19.2. The van der Waals surface area contributed by atoms with Crippen LogP contribution < -0.4 is 5.73 Å². The largest absolute Gasteiger partial charge is 0.396 e. The topological polar surface area (TPSA) is 84.9 Å². The minimum atomic E-state index is -0.0955. The van der Waals surface area contributed by atoms with Crippen molar-refractivity contribution >= 4 is 23.9 Å². The maximum absolute atomic E-state index is 12.6. The maximum atomic E-state index is 12.6. The van der Waals surface area contributed by atoms with Gasteiger partial charge in [0.25, 0.3) is 0 Å². The number of fused-ring (bicyclic) bond motifs is 5. The van der Waals surface area contributed by atoms with Crippen molar-refractivity contribution in [2.45, 2.75) is 65.2 Å². The SMILES string of the molecule is C[C@]12CCC(=NOCCN)CC1C(CO)C[C@@H]1[C@H]2CC[C@]2(C)C(=O)CC[C@@H]12.Cl. The maximum Gasteiger partial charge on any atom is 0.139 e. The van der Waals surface area contributed by atoms with Crippen molar-refractivity contribution in [3.63, 3.8) is 0 Å². The van der Waals surface area contributed by atoms with Gasteiger partial charge in [-0.05, 0) is 80.0 Å². The van der Waals surface area contributed by atoms with Gasteiger partial charge in [0, 0.05) is 25.0 Å². The van der Waals surface area contributed by atoms with Crippen LogP contribution in [0.2, 0.25) is 0 Å². The highest BCUT2D eigenvalue weighted by atomic mass is 35.5. The first kappa shape index (κ1) is 22.0. The number of rotatable bonds is 4. The number of Topliss-reactive ketones (excluding diaryl/α,β-unsaturated/α-hetero) is 1. The van der Waals surface area contributed by atoms with Crippen LogP contribution in [0.15, 0.2) is 5.16 Å². The molecule has 4 fully saturated rings. The molecular weight excluding hydrogens is 376 g/mol. The van der Waals surface area contributed by atoms with Crippen molar-refractivity contribution in [2.24, 2.45) is 51.3 Å². The third-order valence-corrected chi connectivity index (χ3v) is 9.03. The van der Waals surface area contributed by atoms with Crippen LogP contribution in [-0.2, 0) is 9.63 Å². The zero-order valence-corrected chi connectivity index (χ0v) is 18.2. The molecule has 0 aromatic rings. The van der Waals surface area contributed by atoms with Gasteiger partial charge in [0.1, 0.15) is 12.4 Å². The van der Waals surface area contributed by atoms with Gasteiger partial charge in [0.05, 0.1) is 5.71 Å². The second-order valence-corrected chi connectivity index (χ2v) is 10.1. The molecule has 7 atom stereocenters. The van der Waals surface area contributed by atoms with Gasteiger partial charge < -0.3 is 15.7 Å². The third kappa shape index (κ3) is 3.31. The minimum absolute atomic E-state index is 0. The van der Waals surface area contributed by atoms with E-state index in [2.05, 4.69) is 19.0 Å². The number of hydrogen-bond acceptors (Lipinski definition) is 5. The van der Waals surface area contributed by atoms with E-state index in [0.29, 0.717) is 48.5 Å². The van der Waals surface area contributed by atoms with Gasteiger partial charge in [-0.25, -0.2) is 0 Å². The number of aliphatic hydroxyl groups excluding tert-OH is 1. The molecule has 4 rings (SSSR count). The molecule has 0 aromatic carbocycles. The van der Waals surface area contributed by atoms with E-state index in [1.54, 1.807) is 0 Å². The van der Waals surface area contributed by atoms with Crippen LogP contribution in [-0.4, -0.2) is 36.4 Å². The molecule has 0 aromatic heterocycles. The van der Waals surface area contributed by atoms with Crippen LogP contribution in [0.1, 0.15) is 65.2 Å². The molecule has 0 amide bonds. The molecule has 0 bridgehead atoms. The van der Waals surface area contributed by atoms with Crippen molar-refractivity contribution < 1.29 is 14.7 Å². The summed E-state index contributed by atoms with van der Waals surface area (Å²) in [6.07, 6.45) is 8.19. The molecule has 0 spiro atoms. The lowest BCUT2D eigenvalue weighted by molar-refractivity contribution is -0.145. The molecule has 0 heterocycles. The van der Waals surface area contributed by atoms with Crippen LogP contribution in [0.3, 0.4) is 0 Å². The summed E-state index contributed by atoms with van der Waals surface area (Å²) in [5.74, 6) is 3.09. The summed E-state index contributed by atoms with van der Waals surface area (Å²) in [7, 11) is 0. The predicted molar refractivity (Wildman–Crippen MR) is 112 cm³/mol. The Morgan fingerprint density at radius 1 is 1.18 bits per heavy atom. The summed E-state index contributed by atoms with van der Waals surface area (Å²) in [6.45, 7) is 5.89. The second kappa shape index (κ2) is 8.23. The number of nitrogens with zero attached hydrogens (tertiary/aromatic N) is 1. The number of carbonyl (C=O) groups excluding carboxylic acids is 1. The van der Waals surface area contributed by atoms with Gasteiger partial charge >= 0.3 is 0 Å². The molecule has 4 saturated carbocycles. The van der Waals surface area contributed by atoms with Gasteiger partial charge in [0.2, 0.25) is 0 Å². The van der Waals surface area contributed by atoms with Crippen LogP contribution in [0.4, 0.5) is 0 Å². The fraction of sp³-hybridized carbons (Fsp3) is 0.909. The van der Waals surface area contributed by atoms with E-state index >= 15 is 0 Å². The van der Waals surface area contributed by atoms with E-state index in [1.165, 1.54) is 6.42 Å². The van der Waals surface area contributed by atoms with Gasteiger partial charge in [-0.3, -0.25) is 4.79 Å². The Hall–Kier alpha value is -0.650. The highest BCUT2D eigenvalue weighted by molar-refractivity contribution is 5.87. The van der Waals surface area contributed by atoms with Crippen molar-refractivity contribution in [1.29, 1.82) is 0 Å². The highest BCUT2D eigenvalue weighted by Gasteiger charge is 2.61. The van der Waals surface area contributed by atoms with E-state index in [4.69, 9.17) is 10.6 Å². The molecule has 4 aliphatic rings. The van der Waals surface area contributed by atoms with Gasteiger partial charge in [-0.2, -0.15) is 0 Å². The lowest BCUT2D eigenvalue weighted by Gasteiger charge is -2.61. The summed E-state index contributed by atoms with van der Waals surface area (Å²) in [4.78, 5) is 18.0. The number of halogens is 1. The Labute approximate surface area is 175 Å². The van der Waals surface area contributed by atoms with Crippen LogP contribution in [0.5, 0.6) is 0 Å². The fourth-order valence-corrected chi connectivity index (χ4v) is 7.55. The van der Waals surface area contributed by atoms with E-state index in [9.17, 15) is 9.90 Å². The summed E-state index contributed by atoms with van der Waals surface area (Å²) in [5.41, 5.74) is 6.79. The Morgan fingerprint density at radius 2 is 1.96 bits per heavy atom. The average molecular weight is 413 g/mol. The summed E-state index contributed by atoms with van der Waals surface area (Å²) in [6, 6.07) is 0. The molecule has 4 aliphatic carbocycles. The smallest absolute Gasteiger partial charge is 0.139 e. The second-order valence-electron chi connectivity index (χ2n) is 10.1. The van der Waals surface area contributed by atoms with Gasteiger partial charge in [0.15, 0.2) is 0 Å². The lowest BCUT2D eigenvalue weighted by Crippen LogP contribution is -2.56. The van der Waals surface area contributed by atoms with Gasteiger partial charge in [-0.15, -0.1) is 12.4 Å². The monoisotopic (exact) mass is 412 g/mol. The number of aliphatic hydroxyl groups is 1. The quantitative estimate of drug-likeness (QED) is 0.546. The summed E-state index contributed by atoms with van der Waals surface area (Å²) in [5, 5.41) is 14.6. The number of hydrogen-bond donors (Lipinski definition) is 2. The van der Waals surface area contributed by atoms with Crippen molar-refractivity contribution in [3.8, 4) is 0 Å². The Morgan fingerprint density at radius 3 is 2.68 bits per heavy atom. The Balaban J connectivity index is 0.00000225. The molecule has 0 aliphatic heterocycles. The van der Waals surface area contributed by atoms with Crippen molar-refractivity contribution in [3.05, 3.63) is 0 Å². The molecule has 28 heavy (non-hydrogen) atoms. The van der Waals surface area contributed by atoms with Crippen LogP contribution >= 0.6 is 12.4 Å². The number of nitrogens with two attached hydrogens (primary N) is 1. The van der Waals surface area contributed by atoms with Crippen LogP contribution in [0, 0.1) is 40.4 Å². The van der Waals surface area contributed by atoms with Gasteiger partial charge in [-0.1, -0.05) is 19.0 Å². The average Bonchev–Trinajstić information content (AvgIpc) is 2.96. The van der Waals surface area contributed by atoms with Crippen molar-refractivity contribution in [1.82, 2.24) is 0 Å². The molecule has 5 nitrogen and oxygen atoms in total. The summed E-state index contributed by atoms with van der Waals surface area (Å²) >= 11 is 0. The first-order chi connectivity index (χ1) is 12.9. The first-order valence-electron chi connectivity index (χ1n) is 11.0. The lowest BCUT2D eigenvalue weighted by atomic mass is 9.43. The molecule has 6 heteroatoms. The molecule has 2 unspecified atom stereocenters. The Kier molecular flexibility index (Phi) is 6.48. The van der Waals surface area contributed by atoms with E-state index in [1.807, 2.05) is 0 Å². The molecule has 0 radical (unpaired) electrons. The van der Waals surface area contributed by atoms with E-state index in [-0.39, 0.29) is 29.8 Å². The van der Waals surface area contributed by atoms with Crippen molar-refractivity contribution in [2.75, 3.05) is 19.8 Å². The zero-order valence-electron chi connectivity index (χ0n) is 17.4. The molecular formula is C22H37ClN2O3. The standard InChI is InChI=1S/C22H36N2O3.ClH/c1-21-7-5-15(24-27-10-9-23)12-19(21)14(13-25)11-16-17-3-4-20(26)22(17,2)8-6-18(16)21;/h14,16-19,25H,3-13,23H2,1-2H3;1H/t14?,16-,17-,18+,19?,21+,22-;/m0./s1. The fourth-order valence-electron chi connectivity index (χ4n) is 7.55. The van der Waals surface area contributed by atoms with E-state index in [0.717, 1.165) is 50.7 Å². The minimum Gasteiger partial charge on any atom is -0.396 e. The third-order valence-electron chi connectivity index (χ3n) is 9.03. The molecule has 0 saturated heterocycles. The highest BCUT2D eigenvalue weighted by Crippen LogP contribution is 2.66. The first-order valence-corrected chi connectivity index (χ1v) is 11.0. The number of oxime groups is 1. The predicted octanol–water partition coefficient (Wildman–Crippen LogP) is 3.57. The van der Waals surface area contributed by atoms with Crippen LogP contribution in [0.25, 0.3) is 0 Å². The molecule has 160 valence electrons. The normalized spacial score (nSPS) is 46.4. The molecule has 3 N–H and O–H groups in total. The number of carbonyl (C=O) groups is 1. The van der Waals surface area contributed by atoms with E-state index < -0.39 is 0 Å². The summed E-state index contributed by atoms with van der Waals surface area (Å²) < 4.78 is 0. The number of ketones is 1.